The summed E-state index contributed by atoms with van der Waals surface area (Å²) in [6.07, 6.45) is 0. The van der Waals surface area contributed by atoms with E-state index in [2.05, 4.69) is 0 Å². The van der Waals surface area contributed by atoms with Gasteiger partial charge in [0.15, 0.2) is 4.84 Å². The monoisotopic (exact) mass is 312 g/mol. The van der Waals surface area contributed by atoms with Crippen LogP contribution in [-0.4, -0.2) is 13.0 Å². The fourth-order valence-corrected chi connectivity index (χ4v) is 0. The molecule has 0 N–H and O–H groups in total. The summed E-state index contributed by atoms with van der Waals surface area (Å²) in [5.74, 6) is 0. The highest BCUT2D eigenvalue weighted by atomic mass is 35.6. The summed E-state index contributed by atoms with van der Waals surface area (Å²) in [7, 11) is 0. The zero-order chi connectivity index (χ0) is 10.6. The van der Waals surface area contributed by atoms with Crippen LogP contribution in [0.3, 0.4) is 0 Å². The summed E-state index contributed by atoms with van der Waals surface area (Å²) >= 11 is 36.2. The Hall–Kier alpha value is 2.03. The highest BCUT2D eigenvalue weighted by Crippen LogP contribution is 2.35. The van der Waals surface area contributed by atoms with Gasteiger partial charge in [-0.1, -0.05) is 34.8 Å². The lowest BCUT2D eigenvalue weighted by atomic mass is 10.6. The Kier molecular flexibility index (Phi) is 8.92. The maximum Gasteiger partial charge on any atom is 0.220 e. The van der Waals surface area contributed by atoms with Crippen LogP contribution in [-0.2, 0) is 0 Å². The van der Waals surface area contributed by atoms with Gasteiger partial charge < -0.3 is 0 Å². The largest absolute Gasteiger partial charge is 0.220 e. The van der Waals surface area contributed by atoms with Gasteiger partial charge >= 0.3 is 0 Å². The van der Waals surface area contributed by atoms with Crippen LogP contribution in [0.4, 0.5) is 0 Å². The first kappa shape index (κ1) is 16.5. The van der Waals surface area contributed by atoms with E-state index in [9.17, 15) is 0 Å². The Bertz CT molecular complexity index is 102. The van der Waals surface area contributed by atoms with E-state index >= 15 is 0 Å². The predicted octanol–water partition coefficient (Wildman–Crippen LogP) is 5.36. The quantitative estimate of drug-likeness (QED) is 0.528. The normalized spacial score (nSPS) is 12.5. The maximum atomic E-state index is 5.30. The lowest BCUT2D eigenvalue weighted by Crippen LogP contribution is -2.11. The summed E-state index contributed by atoms with van der Waals surface area (Å²) in [6.45, 7) is 3.44. The lowest BCUT2D eigenvalue weighted by Gasteiger charge is -2.09. The molecule has 0 fully saturated rings. The third kappa shape index (κ3) is 22.7. The Morgan fingerprint density at radius 1 is 0.833 bits per heavy atom. The zero-order valence-corrected chi connectivity index (χ0v) is 11.5. The van der Waals surface area contributed by atoms with Crippen LogP contribution in [0, 0.1) is 0 Å². The topological polar surface area (TPSA) is 0 Å². The van der Waals surface area contributed by atoms with E-state index in [-0.39, 0.29) is 0 Å². The van der Waals surface area contributed by atoms with Gasteiger partial charge in [-0.05, 0) is 13.8 Å². The molecule has 0 aromatic carbocycles. The van der Waals surface area contributed by atoms with Crippen LogP contribution < -0.4 is 0 Å². The zero-order valence-electron chi connectivity index (χ0n) is 6.22. The summed E-state index contributed by atoms with van der Waals surface area (Å²) in [4.78, 5) is -0.961. The Morgan fingerprint density at radius 3 is 0.917 bits per heavy atom. The highest BCUT2D eigenvalue weighted by molar-refractivity contribution is 6.73. The van der Waals surface area contributed by atoms with Crippen molar-refractivity contribution in [2.45, 2.75) is 26.8 Å². The van der Waals surface area contributed by atoms with Crippen LogP contribution in [0.5, 0.6) is 0 Å². The smallest absolute Gasteiger partial charge is 0.102 e. The molecule has 76 valence electrons. The van der Waals surface area contributed by atoms with E-state index in [0.29, 0.717) is 0 Å². The summed E-state index contributed by atoms with van der Waals surface area (Å²) in [5.41, 5.74) is 0. The molecular weight excluding hydrogens is 308 g/mol. The van der Waals surface area contributed by atoms with Crippen LogP contribution in [0.25, 0.3) is 0 Å². The van der Waals surface area contributed by atoms with Crippen LogP contribution in [0.2, 0.25) is 0 Å². The number of rotatable bonds is 0. The molecule has 0 bridgehead atoms. The van der Waals surface area contributed by atoms with Crippen molar-refractivity contribution in [2.24, 2.45) is 0 Å². The van der Waals surface area contributed by atoms with E-state index in [1.807, 2.05) is 0 Å². The van der Waals surface area contributed by atoms with Gasteiger partial charge in [0.25, 0.3) is 0 Å². The predicted molar refractivity (Wildman–Crippen MR) is 61.6 cm³/mol. The third-order valence-corrected chi connectivity index (χ3v) is 2.23. The summed E-state index contributed by atoms with van der Waals surface area (Å²) in [6, 6.07) is 0. The molecule has 0 heterocycles. The average molecular weight is 315 g/mol. The van der Waals surface area contributed by atoms with Crippen molar-refractivity contribution in [3.05, 3.63) is 0 Å². The molecule has 0 nitrogen and oxygen atoms in total. The minimum absolute atomic E-state index is 0.556. The lowest BCUT2D eigenvalue weighted by molar-refractivity contribution is 0.995. The van der Waals surface area contributed by atoms with Crippen molar-refractivity contribution in [3.8, 4) is 0 Å². The number of hydrogen-bond acceptors (Lipinski definition) is 0. The molecule has 0 unspecified atom stereocenters. The second-order valence-electron chi connectivity index (χ2n) is 2.17. The molecule has 12 heavy (non-hydrogen) atoms. The third-order valence-electron chi connectivity index (χ3n) is 0.247. The van der Waals surface area contributed by atoms with Crippen molar-refractivity contribution in [1.29, 1.82) is 0 Å². The first-order chi connectivity index (χ1) is 4.94. The second-order valence-corrected chi connectivity index (χ2v) is 7.72. The molecule has 0 atom stereocenters. The van der Waals surface area contributed by atoms with E-state index < -0.39 is 13.0 Å². The van der Waals surface area contributed by atoms with Gasteiger partial charge in [-0.25, -0.2) is 0 Å². The minimum atomic E-state index is -1.55. The van der Waals surface area contributed by atoms with Gasteiger partial charge in [0.1, 0.15) is 4.33 Å². The molecule has 0 radical (unpaired) electrons. The highest BCUT2D eigenvalue weighted by Gasteiger charge is 2.28. The Morgan fingerprint density at radius 2 is 0.917 bits per heavy atom. The van der Waals surface area contributed by atoms with E-state index in [1.54, 1.807) is 13.8 Å². The SMILES string of the molecule is CC(C)(Cl)Cl.ClC(Cl)C(Cl)(Cl)Cl. The van der Waals surface area contributed by atoms with Crippen molar-refractivity contribution < 1.29 is 0 Å². The molecule has 0 aliphatic rings. The fraction of sp³-hybridized carbons (Fsp3) is 1.00. The van der Waals surface area contributed by atoms with E-state index in [0.717, 1.165) is 0 Å². The molecule has 0 aliphatic carbocycles. The second kappa shape index (κ2) is 6.50. The fourth-order valence-electron chi connectivity index (χ4n) is 0. The van der Waals surface area contributed by atoms with Gasteiger partial charge in [0.05, 0.1) is 0 Å². The maximum absolute atomic E-state index is 5.30. The first-order valence-electron chi connectivity index (χ1n) is 2.67. The molecule has 0 saturated heterocycles. The van der Waals surface area contributed by atoms with Gasteiger partial charge in [0.2, 0.25) is 3.79 Å². The molecule has 0 amide bonds. The molecule has 7 heteroatoms. The van der Waals surface area contributed by atoms with E-state index in [4.69, 9.17) is 81.2 Å². The molecular formula is C5H7Cl7. The van der Waals surface area contributed by atoms with Crippen LogP contribution in [0.1, 0.15) is 13.8 Å². The Labute approximate surface area is 107 Å². The number of halogens is 7. The number of hydrogen-bond donors (Lipinski definition) is 0. The van der Waals surface area contributed by atoms with Gasteiger partial charge in [-0.15, -0.1) is 46.4 Å². The average Bonchev–Trinajstić information content (AvgIpc) is 1.55. The standard InChI is InChI=1S/C3H6Cl2.C2HCl5/c1-3(2,4)5;3-1(4)2(5,6)7/h1-2H3;1H. The van der Waals surface area contributed by atoms with Crippen molar-refractivity contribution in [3.63, 3.8) is 0 Å². The van der Waals surface area contributed by atoms with Crippen LogP contribution in [0.15, 0.2) is 0 Å². The molecule has 0 saturated carbocycles. The first-order valence-corrected chi connectivity index (χ1v) is 5.43. The van der Waals surface area contributed by atoms with E-state index in [1.165, 1.54) is 0 Å². The molecule has 0 aromatic rings. The van der Waals surface area contributed by atoms with Crippen LogP contribution >= 0.6 is 81.2 Å². The summed E-state index contributed by atoms with van der Waals surface area (Å²) < 4.78 is -2.11. The molecule has 0 spiro atoms. The van der Waals surface area contributed by atoms with Gasteiger partial charge in [0, 0.05) is 0 Å². The number of alkyl halides is 7. The molecule has 0 aliphatic heterocycles. The van der Waals surface area contributed by atoms with Gasteiger partial charge in [-0.2, -0.15) is 0 Å². The molecule has 0 aromatic heterocycles. The van der Waals surface area contributed by atoms with Crippen molar-refractivity contribution in [2.75, 3.05) is 0 Å². The minimum Gasteiger partial charge on any atom is -0.102 e. The van der Waals surface area contributed by atoms with Crippen molar-refractivity contribution in [1.82, 2.24) is 0 Å². The summed E-state index contributed by atoms with van der Waals surface area (Å²) in [5, 5.41) is 0. The van der Waals surface area contributed by atoms with Gasteiger partial charge in [-0.3, -0.25) is 0 Å². The Balaban J connectivity index is 0. The van der Waals surface area contributed by atoms with Crippen molar-refractivity contribution >= 4 is 81.2 Å². The molecule has 0 rings (SSSR count).